The number of ether oxygens (including phenoxy) is 2. The third-order valence-corrected chi connectivity index (χ3v) is 6.84. The summed E-state index contributed by atoms with van der Waals surface area (Å²) in [7, 11) is 1.57. The Balaban J connectivity index is 1.37. The molecule has 2 heterocycles. The topological polar surface area (TPSA) is 87.2 Å². The molecule has 1 atom stereocenters. The zero-order chi connectivity index (χ0) is 26.7. The lowest BCUT2D eigenvalue weighted by atomic mass is 9.99. The number of carbonyl (C=O) groups is 1. The largest absolute Gasteiger partial charge is 0.504 e. The normalized spacial score (nSPS) is 14.7. The van der Waals surface area contributed by atoms with Crippen LogP contribution in [-0.2, 0) is 29.0 Å². The van der Waals surface area contributed by atoms with Crippen molar-refractivity contribution in [3.63, 3.8) is 0 Å². The Hall–Kier alpha value is -3.62. The molecule has 1 saturated heterocycles. The molecule has 38 heavy (non-hydrogen) atoms. The minimum Gasteiger partial charge on any atom is -0.504 e. The van der Waals surface area contributed by atoms with Crippen LogP contribution >= 0.6 is 0 Å². The molecule has 1 fully saturated rings. The minimum absolute atomic E-state index is 0.178. The molecule has 8 nitrogen and oxygen atoms in total. The van der Waals surface area contributed by atoms with E-state index in [2.05, 4.69) is 20.1 Å². The minimum atomic E-state index is -0.286. The molecular weight excluding hydrogens is 480 g/mol. The maximum atomic E-state index is 12.6. The average Bonchev–Trinajstić information content (AvgIpc) is 2.95. The van der Waals surface area contributed by atoms with E-state index in [1.165, 1.54) is 0 Å². The highest BCUT2D eigenvalue weighted by molar-refractivity contribution is 5.73. The summed E-state index contributed by atoms with van der Waals surface area (Å²) in [5, 5.41) is 14.3. The van der Waals surface area contributed by atoms with Gasteiger partial charge in [0.1, 0.15) is 5.82 Å². The number of methoxy groups -OCH3 is 1. The van der Waals surface area contributed by atoms with Gasteiger partial charge < -0.3 is 24.8 Å². The van der Waals surface area contributed by atoms with Gasteiger partial charge in [-0.2, -0.15) is 0 Å². The molecule has 1 aliphatic heterocycles. The van der Waals surface area contributed by atoms with Crippen LogP contribution in [0.1, 0.15) is 23.6 Å². The number of aromatic hydroxyl groups is 1. The van der Waals surface area contributed by atoms with Gasteiger partial charge in [-0.1, -0.05) is 36.4 Å². The lowest BCUT2D eigenvalue weighted by Gasteiger charge is -2.35. The smallest absolute Gasteiger partial charge is 0.310 e. The Morgan fingerprint density at radius 3 is 2.50 bits per heavy atom. The Morgan fingerprint density at radius 2 is 1.82 bits per heavy atom. The molecule has 8 heteroatoms. The summed E-state index contributed by atoms with van der Waals surface area (Å²) < 4.78 is 10.8. The van der Waals surface area contributed by atoms with Crippen molar-refractivity contribution < 1.29 is 19.4 Å². The molecule has 0 amide bonds. The molecule has 2 aromatic carbocycles. The number of hydrogen-bond acceptors (Lipinski definition) is 8. The van der Waals surface area contributed by atoms with E-state index in [9.17, 15) is 9.90 Å². The van der Waals surface area contributed by atoms with E-state index in [0.29, 0.717) is 38.4 Å². The summed E-state index contributed by atoms with van der Waals surface area (Å²) >= 11 is 0. The molecule has 1 aromatic heterocycles. The van der Waals surface area contributed by atoms with Crippen molar-refractivity contribution in [2.45, 2.75) is 26.4 Å². The van der Waals surface area contributed by atoms with Crippen molar-refractivity contribution >= 4 is 11.8 Å². The lowest BCUT2D eigenvalue weighted by Crippen LogP contribution is -2.46. The van der Waals surface area contributed by atoms with E-state index in [0.717, 1.165) is 48.7 Å². The molecule has 0 bridgehead atoms. The average molecular weight is 519 g/mol. The van der Waals surface area contributed by atoms with Crippen molar-refractivity contribution in [1.29, 1.82) is 0 Å². The van der Waals surface area contributed by atoms with Crippen LogP contribution in [0.4, 0.5) is 5.82 Å². The predicted molar refractivity (Wildman–Crippen MR) is 148 cm³/mol. The van der Waals surface area contributed by atoms with E-state index in [4.69, 9.17) is 9.47 Å². The van der Waals surface area contributed by atoms with E-state index >= 15 is 0 Å². The number of piperazine rings is 1. The Bertz CT molecular complexity index is 1150. The fourth-order valence-corrected chi connectivity index (χ4v) is 4.81. The van der Waals surface area contributed by atoms with Gasteiger partial charge in [0.05, 0.1) is 19.6 Å². The zero-order valence-electron chi connectivity index (χ0n) is 22.3. The number of rotatable bonds is 12. The van der Waals surface area contributed by atoms with E-state index in [1.54, 1.807) is 7.11 Å². The Morgan fingerprint density at radius 1 is 1.05 bits per heavy atom. The highest BCUT2D eigenvalue weighted by Crippen LogP contribution is 2.32. The number of nitrogens with zero attached hydrogens (tertiary/aromatic N) is 3. The summed E-state index contributed by atoms with van der Waals surface area (Å²) in [4.78, 5) is 21.7. The zero-order valence-corrected chi connectivity index (χ0v) is 22.3. The van der Waals surface area contributed by atoms with Crippen LogP contribution < -0.4 is 15.0 Å². The van der Waals surface area contributed by atoms with E-state index in [1.807, 2.05) is 73.8 Å². The van der Waals surface area contributed by atoms with Crippen LogP contribution in [0.25, 0.3) is 0 Å². The standard InChI is InChI=1S/C30H38N4O4/c1-3-38-30(36)25(17-23-9-5-4-6-10-23)21-31-20-24-18-26(29(35)27(19-24)37-2)22-33-13-15-34(16-14-33)28-11-7-8-12-32-28/h4-12,18-19,25,31,35H,3,13-17,20-22H2,1-2H3/t25-/m1/s1. The van der Waals surface area contributed by atoms with Gasteiger partial charge in [-0.05, 0) is 48.7 Å². The molecule has 202 valence electrons. The van der Waals surface area contributed by atoms with Gasteiger partial charge in [0.25, 0.3) is 0 Å². The van der Waals surface area contributed by atoms with Crippen molar-refractivity contribution in [3.05, 3.63) is 83.6 Å². The predicted octanol–water partition coefficient (Wildman–Crippen LogP) is 3.63. The first-order valence-electron chi connectivity index (χ1n) is 13.3. The van der Waals surface area contributed by atoms with E-state index < -0.39 is 0 Å². The molecular formula is C30H38N4O4. The SMILES string of the molecule is CCOC(=O)[C@@H](CNCc1cc(CN2CCN(c3ccccn3)CC2)c(O)c(OC)c1)Cc1ccccc1. The van der Waals surface area contributed by atoms with Crippen LogP contribution in [0.15, 0.2) is 66.9 Å². The molecule has 0 unspecified atom stereocenters. The number of phenols is 1. The number of pyridine rings is 1. The summed E-state index contributed by atoms with van der Waals surface area (Å²) in [5.74, 6) is 1.15. The van der Waals surface area contributed by atoms with Crippen molar-refractivity contribution in [2.24, 2.45) is 5.92 Å². The van der Waals surface area contributed by atoms with Gasteiger partial charge in [0.2, 0.25) is 0 Å². The lowest BCUT2D eigenvalue weighted by molar-refractivity contribution is -0.147. The third kappa shape index (κ3) is 7.46. The second kappa shape index (κ2) is 13.8. The quantitative estimate of drug-likeness (QED) is 0.352. The second-order valence-corrected chi connectivity index (χ2v) is 9.53. The molecule has 2 N–H and O–H groups in total. The number of esters is 1. The first-order valence-corrected chi connectivity index (χ1v) is 13.3. The molecule has 4 rings (SSSR count). The van der Waals surface area contributed by atoms with Gasteiger partial charge in [-0.25, -0.2) is 4.98 Å². The van der Waals surface area contributed by atoms with Crippen LogP contribution in [0.5, 0.6) is 11.5 Å². The third-order valence-electron chi connectivity index (χ3n) is 6.84. The first kappa shape index (κ1) is 27.4. The Kier molecular flexibility index (Phi) is 9.95. The summed E-state index contributed by atoms with van der Waals surface area (Å²) in [6, 6.07) is 19.8. The maximum Gasteiger partial charge on any atom is 0.310 e. The number of carbonyl (C=O) groups excluding carboxylic acids is 1. The number of nitrogens with one attached hydrogen (secondary N) is 1. The fraction of sp³-hybridized carbons (Fsp3) is 0.400. The van der Waals surface area contributed by atoms with Crippen LogP contribution in [0.3, 0.4) is 0 Å². The van der Waals surface area contributed by atoms with Gasteiger partial charge >= 0.3 is 5.97 Å². The van der Waals surface area contributed by atoms with Gasteiger partial charge in [-0.3, -0.25) is 9.69 Å². The van der Waals surface area contributed by atoms with Crippen molar-refractivity contribution in [2.75, 3.05) is 51.3 Å². The Labute approximate surface area is 225 Å². The monoisotopic (exact) mass is 518 g/mol. The first-order chi connectivity index (χ1) is 18.6. The molecule has 1 aliphatic rings. The summed E-state index contributed by atoms with van der Waals surface area (Å²) in [6.07, 6.45) is 2.43. The van der Waals surface area contributed by atoms with Crippen molar-refractivity contribution in [1.82, 2.24) is 15.2 Å². The van der Waals surface area contributed by atoms with Crippen LogP contribution in [0.2, 0.25) is 0 Å². The van der Waals surface area contributed by atoms with Gasteiger partial charge in [0, 0.05) is 57.6 Å². The molecule has 0 spiro atoms. The summed E-state index contributed by atoms with van der Waals surface area (Å²) in [6.45, 7) is 7.37. The number of benzene rings is 2. The highest BCUT2D eigenvalue weighted by Gasteiger charge is 2.22. The van der Waals surface area contributed by atoms with Gasteiger partial charge in [0.15, 0.2) is 11.5 Å². The second-order valence-electron chi connectivity index (χ2n) is 9.53. The van der Waals surface area contributed by atoms with Crippen LogP contribution in [-0.4, -0.2) is 67.4 Å². The molecule has 3 aromatic rings. The number of anilines is 1. The summed E-state index contributed by atoms with van der Waals surface area (Å²) in [5.41, 5.74) is 2.92. The number of hydrogen-bond donors (Lipinski definition) is 2. The van der Waals surface area contributed by atoms with Crippen LogP contribution in [0, 0.1) is 5.92 Å². The van der Waals surface area contributed by atoms with Crippen molar-refractivity contribution in [3.8, 4) is 11.5 Å². The fourth-order valence-electron chi connectivity index (χ4n) is 4.81. The molecule has 0 saturated carbocycles. The molecule has 0 radical (unpaired) electrons. The number of phenolic OH excluding ortho intramolecular Hbond substituents is 1. The highest BCUT2D eigenvalue weighted by atomic mass is 16.5. The van der Waals surface area contributed by atoms with Gasteiger partial charge in [-0.15, -0.1) is 0 Å². The molecule has 0 aliphatic carbocycles. The number of aromatic nitrogens is 1. The maximum absolute atomic E-state index is 12.6. The van der Waals surface area contributed by atoms with E-state index in [-0.39, 0.29) is 17.6 Å².